The van der Waals surface area contributed by atoms with Crippen molar-refractivity contribution in [1.82, 2.24) is 4.90 Å². The number of carbonyl (C=O) groups is 2. The number of ether oxygens (including phenoxy) is 2. The third kappa shape index (κ3) is 5.13. The van der Waals surface area contributed by atoms with Gasteiger partial charge in [-0.1, -0.05) is 5.57 Å². The lowest BCUT2D eigenvalue weighted by Crippen LogP contribution is -2.46. The van der Waals surface area contributed by atoms with Crippen LogP contribution in [0.4, 0.5) is 4.79 Å². The molecule has 3 saturated heterocycles. The molecule has 124 valence electrons. The molecule has 2 bridgehead atoms. The molecule has 0 saturated carbocycles. The van der Waals surface area contributed by atoms with Crippen LogP contribution >= 0.6 is 0 Å². The molecule has 3 fully saturated rings. The summed E-state index contributed by atoms with van der Waals surface area (Å²) in [6.07, 6.45) is 3.14. The number of nitrogens with zero attached hydrogens (tertiary/aromatic N) is 1. The van der Waals surface area contributed by atoms with Crippen LogP contribution in [0.5, 0.6) is 0 Å². The number of ketones is 1. The molecule has 0 aliphatic carbocycles. The molecular formula is C17H27NO4. The van der Waals surface area contributed by atoms with Gasteiger partial charge in [0.1, 0.15) is 5.60 Å². The topological polar surface area (TPSA) is 55.8 Å². The van der Waals surface area contributed by atoms with Crippen molar-refractivity contribution in [3.8, 4) is 0 Å². The summed E-state index contributed by atoms with van der Waals surface area (Å²) >= 11 is 0. The molecule has 0 aromatic carbocycles. The van der Waals surface area contributed by atoms with Gasteiger partial charge in [-0.2, -0.15) is 0 Å². The van der Waals surface area contributed by atoms with Crippen LogP contribution in [0.2, 0.25) is 0 Å². The molecule has 5 heteroatoms. The number of hydrogen-bond acceptors (Lipinski definition) is 4. The number of carbonyl (C=O) groups excluding carboxylic acids is 2. The summed E-state index contributed by atoms with van der Waals surface area (Å²) in [6, 6.07) is 0. The fourth-order valence-electron chi connectivity index (χ4n) is 3.16. The number of allylic oxidation sites excluding steroid dienone is 2. The maximum absolute atomic E-state index is 12.4. The van der Waals surface area contributed by atoms with E-state index in [-0.39, 0.29) is 23.7 Å². The van der Waals surface area contributed by atoms with Crippen molar-refractivity contribution in [2.75, 3.05) is 26.3 Å². The Kier molecular flexibility index (Phi) is 5.27. The van der Waals surface area contributed by atoms with Gasteiger partial charge in [0.2, 0.25) is 0 Å². The van der Waals surface area contributed by atoms with E-state index in [1.165, 1.54) is 5.57 Å². The Morgan fingerprint density at radius 1 is 1.18 bits per heavy atom. The van der Waals surface area contributed by atoms with Crippen LogP contribution < -0.4 is 0 Å². The number of amides is 1. The first-order chi connectivity index (χ1) is 10.2. The standard InChI is InChI=1S/C17H27NO4/c1-12(19)5-13-6-14-8-18(16(20)22-17(2,3)4)9-15(7-13)11-21-10-14/h5,14-15H,6-11H2,1-4H3. The quantitative estimate of drug-likeness (QED) is 0.699. The molecule has 0 aromatic rings. The first-order valence-electron chi connectivity index (χ1n) is 7.98. The Balaban J connectivity index is 2.11. The zero-order valence-electron chi connectivity index (χ0n) is 14.1. The minimum Gasteiger partial charge on any atom is -0.444 e. The number of fused-ring (bicyclic) bond motifs is 6. The van der Waals surface area contributed by atoms with Gasteiger partial charge in [0, 0.05) is 24.9 Å². The lowest BCUT2D eigenvalue weighted by molar-refractivity contribution is -0.112. The molecule has 3 aliphatic rings. The highest BCUT2D eigenvalue weighted by Gasteiger charge is 2.32. The predicted molar refractivity (Wildman–Crippen MR) is 83.6 cm³/mol. The Morgan fingerprint density at radius 3 is 2.18 bits per heavy atom. The Hall–Kier alpha value is -1.36. The number of rotatable bonds is 1. The molecule has 0 spiro atoms. The second kappa shape index (κ2) is 6.82. The van der Waals surface area contributed by atoms with Crippen LogP contribution in [0.1, 0.15) is 40.5 Å². The molecule has 1 amide bonds. The third-order valence-corrected chi connectivity index (χ3v) is 3.83. The van der Waals surface area contributed by atoms with Gasteiger partial charge in [-0.15, -0.1) is 0 Å². The summed E-state index contributed by atoms with van der Waals surface area (Å²) in [5, 5.41) is 0. The van der Waals surface area contributed by atoms with E-state index in [2.05, 4.69) is 0 Å². The van der Waals surface area contributed by atoms with Gasteiger partial charge in [0.15, 0.2) is 5.78 Å². The lowest BCUT2D eigenvalue weighted by atomic mass is 9.87. The van der Waals surface area contributed by atoms with Gasteiger partial charge < -0.3 is 14.4 Å². The van der Waals surface area contributed by atoms with Gasteiger partial charge in [0.05, 0.1) is 13.2 Å². The zero-order valence-corrected chi connectivity index (χ0v) is 14.1. The molecule has 0 radical (unpaired) electrons. The normalized spacial score (nSPS) is 26.0. The second-order valence-corrected chi connectivity index (χ2v) is 7.48. The van der Waals surface area contributed by atoms with Crippen molar-refractivity contribution in [3.05, 3.63) is 11.6 Å². The maximum atomic E-state index is 12.4. The molecule has 3 heterocycles. The molecule has 3 aliphatic heterocycles. The summed E-state index contributed by atoms with van der Waals surface area (Å²) < 4.78 is 11.2. The van der Waals surface area contributed by atoms with Crippen LogP contribution in [-0.4, -0.2) is 48.7 Å². The molecular weight excluding hydrogens is 282 g/mol. The lowest BCUT2D eigenvalue weighted by Gasteiger charge is -2.38. The average molecular weight is 309 g/mol. The first kappa shape index (κ1) is 17.0. The summed E-state index contributed by atoms with van der Waals surface area (Å²) in [6.45, 7) is 9.74. The fourth-order valence-corrected chi connectivity index (χ4v) is 3.16. The van der Waals surface area contributed by atoms with Gasteiger partial charge >= 0.3 is 6.09 Å². The van der Waals surface area contributed by atoms with E-state index in [9.17, 15) is 9.59 Å². The largest absolute Gasteiger partial charge is 0.444 e. The third-order valence-electron chi connectivity index (χ3n) is 3.83. The van der Waals surface area contributed by atoms with E-state index in [0.717, 1.165) is 12.8 Å². The Labute approximate surface area is 132 Å². The van der Waals surface area contributed by atoms with Crippen molar-refractivity contribution < 1.29 is 19.1 Å². The van der Waals surface area contributed by atoms with Gasteiger partial charge in [-0.25, -0.2) is 4.79 Å². The Morgan fingerprint density at radius 2 is 1.73 bits per heavy atom. The molecule has 2 unspecified atom stereocenters. The van der Waals surface area contributed by atoms with E-state index in [1.807, 2.05) is 25.7 Å². The molecule has 0 aromatic heterocycles. The summed E-state index contributed by atoms with van der Waals surface area (Å²) in [4.78, 5) is 25.5. The van der Waals surface area contributed by atoms with Crippen molar-refractivity contribution in [2.24, 2.45) is 11.8 Å². The summed E-state index contributed by atoms with van der Waals surface area (Å²) in [5.41, 5.74) is 0.708. The van der Waals surface area contributed by atoms with Crippen molar-refractivity contribution in [1.29, 1.82) is 0 Å². The summed E-state index contributed by atoms with van der Waals surface area (Å²) in [5.74, 6) is 0.539. The summed E-state index contributed by atoms with van der Waals surface area (Å²) in [7, 11) is 0. The first-order valence-corrected chi connectivity index (χ1v) is 7.98. The van der Waals surface area contributed by atoms with Gasteiger partial charge in [-0.05, 0) is 46.6 Å². The molecule has 3 rings (SSSR count). The van der Waals surface area contributed by atoms with Crippen LogP contribution in [0.15, 0.2) is 11.6 Å². The van der Waals surface area contributed by atoms with E-state index in [1.54, 1.807) is 13.0 Å². The molecule has 22 heavy (non-hydrogen) atoms. The van der Waals surface area contributed by atoms with Crippen molar-refractivity contribution in [3.63, 3.8) is 0 Å². The van der Waals surface area contributed by atoms with Crippen molar-refractivity contribution >= 4 is 11.9 Å². The highest BCUT2D eigenvalue weighted by molar-refractivity contribution is 5.87. The highest BCUT2D eigenvalue weighted by atomic mass is 16.6. The fraction of sp³-hybridized carbons (Fsp3) is 0.765. The molecule has 0 N–H and O–H groups in total. The van der Waals surface area contributed by atoms with Crippen molar-refractivity contribution in [2.45, 2.75) is 46.1 Å². The Bertz CT molecular complexity index is 446. The van der Waals surface area contributed by atoms with Crippen LogP contribution in [0.3, 0.4) is 0 Å². The van der Waals surface area contributed by atoms with Gasteiger partial charge in [-0.3, -0.25) is 4.79 Å². The minimum atomic E-state index is -0.481. The van der Waals surface area contributed by atoms with E-state index in [4.69, 9.17) is 9.47 Å². The molecule has 2 atom stereocenters. The predicted octanol–water partition coefficient (Wildman–Crippen LogP) is 2.80. The second-order valence-electron chi connectivity index (χ2n) is 7.48. The maximum Gasteiger partial charge on any atom is 0.410 e. The van der Waals surface area contributed by atoms with Crippen LogP contribution in [0.25, 0.3) is 0 Å². The van der Waals surface area contributed by atoms with E-state index < -0.39 is 5.60 Å². The monoisotopic (exact) mass is 309 g/mol. The molecule has 5 nitrogen and oxygen atoms in total. The zero-order chi connectivity index (χ0) is 16.3. The smallest absolute Gasteiger partial charge is 0.410 e. The van der Waals surface area contributed by atoms with Gasteiger partial charge in [0.25, 0.3) is 0 Å². The average Bonchev–Trinajstić information content (AvgIpc) is 2.26. The van der Waals surface area contributed by atoms with E-state index >= 15 is 0 Å². The minimum absolute atomic E-state index is 0.0959. The number of hydrogen-bond donors (Lipinski definition) is 0. The SMILES string of the molecule is CC(=O)C=C1CC2COCC(C1)CN(C(=O)OC(C)(C)C)C2. The van der Waals surface area contributed by atoms with Crippen LogP contribution in [0, 0.1) is 11.8 Å². The van der Waals surface area contributed by atoms with Crippen LogP contribution in [-0.2, 0) is 14.3 Å². The van der Waals surface area contributed by atoms with E-state index in [0.29, 0.717) is 26.3 Å². The highest BCUT2D eigenvalue weighted by Crippen LogP contribution is 2.29.